The monoisotopic (exact) mass is 227 g/mol. The maximum atomic E-state index is 9.03. The van der Waals surface area contributed by atoms with Gasteiger partial charge < -0.3 is 15.8 Å². The topological polar surface area (TPSA) is 66.5 Å². The second-order valence-corrected chi connectivity index (χ2v) is 4.41. The molecule has 6 heteroatoms. The fourth-order valence-corrected chi connectivity index (χ4v) is 2.45. The second kappa shape index (κ2) is 3.44. The lowest BCUT2D eigenvalue weighted by molar-refractivity contribution is 0.427. The van der Waals surface area contributed by atoms with Crippen LogP contribution in [0.4, 0.5) is 5.69 Å². The van der Waals surface area contributed by atoms with Gasteiger partial charge in [0.25, 0.3) is 0 Å². The van der Waals surface area contributed by atoms with Crippen LogP contribution in [-0.4, -0.2) is 17.2 Å². The number of hydrogen-bond acceptors (Lipinski definition) is 4. The Labute approximate surface area is 89.9 Å². The number of thiophene rings is 1. The molecule has 0 aliphatic rings. The Hall–Kier alpha value is -0.745. The molecule has 0 saturated carbocycles. The first kappa shape index (κ1) is 9.80. The molecule has 14 heavy (non-hydrogen) atoms. The first-order valence-electron chi connectivity index (χ1n) is 3.93. The van der Waals surface area contributed by atoms with E-state index in [1.165, 1.54) is 11.3 Å². The molecule has 0 fully saturated rings. The number of anilines is 1. The Balaban J connectivity index is 2.74. The van der Waals surface area contributed by atoms with Crippen LogP contribution in [0, 0.1) is 0 Å². The van der Waals surface area contributed by atoms with Crippen molar-refractivity contribution in [3.05, 3.63) is 23.2 Å². The molecule has 1 heterocycles. The summed E-state index contributed by atoms with van der Waals surface area (Å²) >= 11 is 7.06. The van der Waals surface area contributed by atoms with Gasteiger partial charge >= 0.3 is 7.12 Å². The summed E-state index contributed by atoms with van der Waals surface area (Å²) in [5.74, 6) is 0. The number of nitrogens with two attached hydrogens (primary N) is 1. The van der Waals surface area contributed by atoms with Crippen molar-refractivity contribution in [1.82, 2.24) is 0 Å². The molecule has 0 radical (unpaired) electrons. The lowest BCUT2D eigenvalue weighted by Gasteiger charge is -1.95. The van der Waals surface area contributed by atoms with Crippen LogP contribution in [0.3, 0.4) is 0 Å². The molecule has 0 amide bonds. The minimum absolute atomic E-state index is 0.363. The lowest BCUT2D eigenvalue weighted by Crippen LogP contribution is -2.28. The zero-order valence-corrected chi connectivity index (χ0v) is 8.64. The normalized spacial score (nSPS) is 10.8. The number of rotatable bonds is 1. The molecular weight excluding hydrogens is 220 g/mol. The second-order valence-electron chi connectivity index (χ2n) is 2.89. The summed E-state index contributed by atoms with van der Waals surface area (Å²) in [7, 11) is -1.52. The molecule has 0 atom stereocenters. The minimum atomic E-state index is -1.52. The van der Waals surface area contributed by atoms with E-state index < -0.39 is 7.12 Å². The molecule has 0 bridgehead atoms. The van der Waals surface area contributed by atoms with Gasteiger partial charge in [-0.25, -0.2) is 0 Å². The first-order chi connectivity index (χ1) is 6.59. The van der Waals surface area contributed by atoms with Gasteiger partial charge in [-0.05, 0) is 18.2 Å². The smallest absolute Gasteiger partial charge is 0.423 e. The van der Waals surface area contributed by atoms with E-state index in [0.29, 0.717) is 15.5 Å². The summed E-state index contributed by atoms with van der Waals surface area (Å²) in [5, 5.41) is 19.4. The highest BCUT2D eigenvalue weighted by Gasteiger charge is 2.19. The highest BCUT2D eigenvalue weighted by Crippen LogP contribution is 2.28. The zero-order chi connectivity index (χ0) is 10.3. The van der Waals surface area contributed by atoms with Crippen molar-refractivity contribution in [3.63, 3.8) is 0 Å². The molecule has 2 aromatic rings. The van der Waals surface area contributed by atoms with Gasteiger partial charge in [-0.2, -0.15) is 0 Å². The van der Waals surface area contributed by atoms with Crippen molar-refractivity contribution in [3.8, 4) is 0 Å². The fourth-order valence-electron chi connectivity index (χ4n) is 1.30. The third kappa shape index (κ3) is 1.48. The average molecular weight is 227 g/mol. The van der Waals surface area contributed by atoms with Crippen LogP contribution < -0.4 is 10.5 Å². The molecule has 0 unspecified atom stereocenters. The zero-order valence-electron chi connectivity index (χ0n) is 7.07. The van der Waals surface area contributed by atoms with Gasteiger partial charge in [0.1, 0.15) is 0 Å². The predicted molar refractivity (Wildman–Crippen MR) is 61.1 cm³/mol. The molecule has 0 saturated heterocycles. The van der Waals surface area contributed by atoms with Gasteiger partial charge in [0.15, 0.2) is 0 Å². The molecule has 0 aliphatic heterocycles. The van der Waals surface area contributed by atoms with E-state index in [0.717, 1.165) is 10.1 Å². The Kier molecular flexibility index (Phi) is 2.40. The number of nitrogen functional groups attached to an aromatic ring is 1. The summed E-state index contributed by atoms with van der Waals surface area (Å²) in [4.78, 5) is 0. The number of fused-ring (bicyclic) bond motifs is 1. The number of halogens is 1. The van der Waals surface area contributed by atoms with Gasteiger partial charge in [0, 0.05) is 15.1 Å². The van der Waals surface area contributed by atoms with Crippen molar-refractivity contribution in [2.45, 2.75) is 0 Å². The molecule has 3 nitrogen and oxygen atoms in total. The van der Waals surface area contributed by atoms with Gasteiger partial charge in [-0.3, -0.25) is 0 Å². The quantitative estimate of drug-likeness (QED) is 0.632. The molecule has 2 rings (SSSR count). The van der Waals surface area contributed by atoms with Gasteiger partial charge in [-0.15, -0.1) is 11.3 Å². The fraction of sp³-hybridized carbons (Fsp3) is 0. The Morgan fingerprint density at radius 2 is 2.07 bits per heavy atom. The summed E-state index contributed by atoms with van der Waals surface area (Å²) in [6.07, 6.45) is 0. The molecule has 4 N–H and O–H groups in total. The van der Waals surface area contributed by atoms with E-state index in [9.17, 15) is 0 Å². The SMILES string of the molecule is Nc1c(B(O)O)sc2ccc(Cl)cc12. The molecule has 1 aromatic heterocycles. The number of benzene rings is 1. The van der Waals surface area contributed by atoms with Crippen LogP contribution in [0.15, 0.2) is 18.2 Å². The Morgan fingerprint density at radius 3 is 2.71 bits per heavy atom. The highest BCUT2D eigenvalue weighted by atomic mass is 35.5. The van der Waals surface area contributed by atoms with Gasteiger partial charge in [-0.1, -0.05) is 11.6 Å². The standard InChI is InChI=1S/C8H7BClNO2S/c10-4-1-2-6-5(3-4)7(11)8(14-6)9(12)13/h1-3,12-13H,11H2. The summed E-state index contributed by atoms with van der Waals surface area (Å²) < 4.78 is 1.26. The third-order valence-electron chi connectivity index (χ3n) is 1.95. The largest absolute Gasteiger partial charge is 0.501 e. The van der Waals surface area contributed by atoms with Crippen molar-refractivity contribution in [2.75, 3.05) is 5.73 Å². The molecule has 1 aromatic carbocycles. The van der Waals surface area contributed by atoms with Crippen LogP contribution in [0.5, 0.6) is 0 Å². The van der Waals surface area contributed by atoms with Crippen LogP contribution in [-0.2, 0) is 0 Å². The van der Waals surface area contributed by atoms with Gasteiger partial charge in [0.05, 0.1) is 10.5 Å². The van der Waals surface area contributed by atoms with E-state index in [1.807, 2.05) is 6.07 Å². The maximum Gasteiger partial charge on any atom is 0.501 e. The molecule has 72 valence electrons. The average Bonchev–Trinajstić information content (AvgIpc) is 2.44. The molecular formula is C8H7BClNO2S. The van der Waals surface area contributed by atoms with Crippen LogP contribution >= 0.6 is 22.9 Å². The van der Waals surface area contributed by atoms with E-state index in [-0.39, 0.29) is 0 Å². The van der Waals surface area contributed by atoms with Crippen molar-refractivity contribution in [2.24, 2.45) is 0 Å². The molecule has 0 spiro atoms. The molecule has 0 aliphatic carbocycles. The summed E-state index contributed by atoms with van der Waals surface area (Å²) in [6.45, 7) is 0. The minimum Gasteiger partial charge on any atom is -0.423 e. The summed E-state index contributed by atoms with van der Waals surface area (Å²) in [6, 6.07) is 5.27. The Bertz CT molecular complexity index is 485. The van der Waals surface area contributed by atoms with Crippen LogP contribution in [0.25, 0.3) is 10.1 Å². The van der Waals surface area contributed by atoms with E-state index in [4.69, 9.17) is 27.4 Å². The summed E-state index contributed by atoms with van der Waals surface area (Å²) in [5.41, 5.74) is 6.13. The van der Waals surface area contributed by atoms with Crippen molar-refractivity contribution < 1.29 is 10.0 Å². The predicted octanol–water partition coefficient (Wildman–Crippen LogP) is 0.817. The van der Waals surface area contributed by atoms with Gasteiger partial charge in [0.2, 0.25) is 0 Å². The highest BCUT2D eigenvalue weighted by molar-refractivity contribution is 7.28. The maximum absolute atomic E-state index is 9.03. The van der Waals surface area contributed by atoms with Crippen molar-refractivity contribution >= 4 is 50.6 Å². The van der Waals surface area contributed by atoms with Crippen molar-refractivity contribution in [1.29, 1.82) is 0 Å². The van der Waals surface area contributed by atoms with Crippen LogP contribution in [0.1, 0.15) is 0 Å². The number of hydrogen-bond donors (Lipinski definition) is 3. The lowest BCUT2D eigenvalue weighted by atomic mass is 9.88. The van der Waals surface area contributed by atoms with E-state index in [2.05, 4.69) is 0 Å². The first-order valence-corrected chi connectivity index (χ1v) is 5.12. The van der Waals surface area contributed by atoms with E-state index >= 15 is 0 Å². The third-order valence-corrected chi connectivity index (χ3v) is 3.41. The van der Waals surface area contributed by atoms with Crippen LogP contribution in [0.2, 0.25) is 5.02 Å². The Morgan fingerprint density at radius 1 is 1.36 bits per heavy atom. The van der Waals surface area contributed by atoms with E-state index in [1.54, 1.807) is 12.1 Å².